The molecule has 1 fully saturated rings. The van der Waals surface area contributed by atoms with Gasteiger partial charge in [0.25, 0.3) is 0 Å². The van der Waals surface area contributed by atoms with E-state index in [0.717, 1.165) is 36.8 Å². The van der Waals surface area contributed by atoms with E-state index in [-0.39, 0.29) is 5.78 Å². The molecule has 1 aliphatic rings. The Bertz CT molecular complexity index is 1050. The van der Waals surface area contributed by atoms with Crippen LogP contribution in [-0.4, -0.2) is 35.0 Å². The van der Waals surface area contributed by atoms with Crippen molar-refractivity contribution >= 4 is 28.3 Å². The van der Waals surface area contributed by atoms with Gasteiger partial charge in [0.05, 0.1) is 10.5 Å². The molecule has 2 N–H and O–H groups in total. The van der Waals surface area contributed by atoms with Crippen LogP contribution in [0.2, 0.25) is 5.02 Å². The number of halogens is 1. The van der Waals surface area contributed by atoms with Gasteiger partial charge in [-0.1, -0.05) is 49.9 Å². The number of nitrogen functional groups attached to an aromatic ring is 1. The second-order valence-corrected chi connectivity index (χ2v) is 9.12. The Kier molecular flexibility index (Phi) is 6.99. The van der Waals surface area contributed by atoms with Crippen molar-refractivity contribution in [3.63, 3.8) is 0 Å². The molecule has 0 radical (unpaired) electrons. The predicted molar refractivity (Wildman–Crippen MR) is 130 cm³/mol. The summed E-state index contributed by atoms with van der Waals surface area (Å²) in [5, 5.41) is 1.57. The van der Waals surface area contributed by atoms with Crippen LogP contribution in [0.1, 0.15) is 72.9 Å². The molecule has 0 unspecified atom stereocenters. The number of rotatable bonds is 8. The normalized spacial score (nSPS) is 15.5. The molecule has 0 amide bonds. The number of carbonyl (C=O) groups excluding carboxylic acids is 1. The lowest BCUT2D eigenvalue weighted by atomic mass is 9.88. The maximum absolute atomic E-state index is 13.1. The number of nitrogens with two attached hydrogens (primary N) is 1. The number of aromatic nitrogens is 1. The Morgan fingerprint density at radius 3 is 2.61 bits per heavy atom. The lowest BCUT2D eigenvalue weighted by Gasteiger charge is -2.32. The molecule has 0 saturated carbocycles. The zero-order valence-electron chi connectivity index (χ0n) is 18.3. The first kappa shape index (κ1) is 21.9. The highest BCUT2D eigenvalue weighted by atomic mass is 35.5. The average Bonchev–Trinajstić information content (AvgIpc) is 3.13. The van der Waals surface area contributed by atoms with Crippen molar-refractivity contribution in [2.75, 3.05) is 25.5 Å². The number of unbranched alkanes of at least 4 members (excludes halogenated alkanes) is 3. The lowest BCUT2D eigenvalue weighted by Crippen LogP contribution is -2.33. The summed E-state index contributed by atoms with van der Waals surface area (Å²) in [6.07, 6.45) is 9.57. The predicted octanol–water partition coefficient (Wildman–Crippen LogP) is 6.00. The summed E-state index contributed by atoms with van der Waals surface area (Å²) in [5.74, 6) is 6.69. The third kappa shape index (κ3) is 4.81. The van der Waals surface area contributed by atoms with Gasteiger partial charge in [0, 0.05) is 22.7 Å². The van der Waals surface area contributed by atoms with Gasteiger partial charge in [-0.15, -0.1) is 0 Å². The zero-order chi connectivity index (χ0) is 21.8. The van der Waals surface area contributed by atoms with Gasteiger partial charge in [-0.05, 0) is 80.7 Å². The number of fused-ring (bicyclic) bond motifs is 1. The monoisotopic (exact) mass is 437 g/mol. The average molecular weight is 438 g/mol. The van der Waals surface area contributed by atoms with Crippen molar-refractivity contribution in [2.45, 2.75) is 51.4 Å². The van der Waals surface area contributed by atoms with E-state index in [4.69, 9.17) is 17.4 Å². The molecule has 164 valence electrons. The van der Waals surface area contributed by atoms with Gasteiger partial charge in [-0.3, -0.25) is 9.47 Å². The van der Waals surface area contributed by atoms with Crippen molar-refractivity contribution in [3.8, 4) is 0 Å². The molecule has 2 aromatic carbocycles. The number of nitrogens with zero attached hydrogens (tertiary/aromatic N) is 2. The zero-order valence-corrected chi connectivity index (χ0v) is 19.1. The first-order valence-electron chi connectivity index (χ1n) is 11.5. The van der Waals surface area contributed by atoms with Crippen molar-refractivity contribution in [1.29, 1.82) is 0 Å². The number of hydrogen-bond acceptors (Lipinski definition) is 3. The molecule has 0 aliphatic carbocycles. The van der Waals surface area contributed by atoms with Crippen LogP contribution in [0, 0.1) is 0 Å². The highest BCUT2D eigenvalue weighted by Gasteiger charge is 2.24. The first-order valence-corrected chi connectivity index (χ1v) is 11.9. The van der Waals surface area contributed by atoms with Crippen molar-refractivity contribution < 1.29 is 4.79 Å². The third-order valence-electron chi connectivity index (χ3n) is 6.60. The van der Waals surface area contributed by atoms with Crippen molar-refractivity contribution in [1.82, 2.24) is 9.58 Å². The molecule has 5 heteroatoms. The van der Waals surface area contributed by atoms with Crippen LogP contribution in [0.15, 0.2) is 48.7 Å². The van der Waals surface area contributed by atoms with Crippen LogP contribution >= 0.6 is 11.6 Å². The quantitative estimate of drug-likeness (QED) is 0.267. The second-order valence-electron chi connectivity index (χ2n) is 8.71. The van der Waals surface area contributed by atoms with Crippen LogP contribution in [0.5, 0.6) is 0 Å². The molecule has 0 atom stereocenters. The fourth-order valence-electron chi connectivity index (χ4n) is 4.78. The summed E-state index contributed by atoms with van der Waals surface area (Å²) in [6, 6.07) is 13.0. The van der Waals surface area contributed by atoms with Crippen LogP contribution in [0.25, 0.3) is 10.9 Å². The van der Waals surface area contributed by atoms with Gasteiger partial charge in [-0.25, -0.2) is 0 Å². The molecule has 31 heavy (non-hydrogen) atoms. The van der Waals surface area contributed by atoms with Gasteiger partial charge < -0.3 is 10.7 Å². The summed E-state index contributed by atoms with van der Waals surface area (Å²) in [5.41, 5.74) is 3.42. The van der Waals surface area contributed by atoms with Crippen molar-refractivity contribution in [2.24, 2.45) is 0 Å². The Morgan fingerprint density at radius 1 is 1.10 bits per heavy atom. The number of benzene rings is 2. The van der Waals surface area contributed by atoms with Gasteiger partial charge in [0.1, 0.15) is 0 Å². The van der Waals surface area contributed by atoms with Gasteiger partial charge in [0.2, 0.25) is 0 Å². The molecule has 3 aromatic rings. The van der Waals surface area contributed by atoms with Gasteiger partial charge >= 0.3 is 0 Å². The first-order chi connectivity index (χ1) is 15.1. The molecule has 0 spiro atoms. The molecule has 1 aliphatic heterocycles. The van der Waals surface area contributed by atoms with E-state index in [1.165, 1.54) is 37.8 Å². The summed E-state index contributed by atoms with van der Waals surface area (Å²) in [7, 11) is 0. The van der Waals surface area contributed by atoms with E-state index in [0.29, 0.717) is 22.1 Å². The van der Waals surface area contributed by atoms with E-state index < -0.39 is 0 Å². The summed E-state index contributed by atoms with van der Waals surface area (Å²) < 4.78 is 1.70. The fraction of sp³-hybridized carbons (Fsp3) is 0.423. The van der Waals surface area contributed by atoms with Gasteiger partial charge in [-0.2, -0.15) is 0 Å². The molecule has 2 heterocycles. The number of hydrogen-bond donors (Lipinski definition) is 1. The topological polar surface area (TPSA) is 51.3 Å². The van der Waals surface area contributed by atoms with Gasteiger partial charge in [0.15, 0.2) is 5.78 Å². The molecule has 1 saturated heterocycles. The largest absolute Gasteiger partial charge is 0.339 e. The highest BCUT2D eigenvalue weighted by molar-refractivity contribution is 6.35. The third-order valence-corrected chi connectivity index (χ3v) is 6.93. The standard InChI is InChI=1S/C26H32ClN3O/c1-2-3-4-7-14-29-15-12-19(13-16-29)23-18-30(28)25-11-10-20(17-22(23)25)26(31)21-8-5-6-9-24(21)27/h5-6,8-11,17-19H,2-4,7,12-16,28H2,1H3. The molecular weight excluding hydrogens is 406 g/mol. The Labute approximate surface area is 189 Å². The Morgan fingerprint density at radius 2 is 1.87 bits per heavy atom. The molecule has 1 aromatic heterocycles. The minimum Gasteiger partial charge on any atom is -0.339 e. The fourth-order valence-corrected chi connectivity index (χ4v) is 5.00. The maximum atomic E-state index is 13.1. The number of carbonyl (C=O) groups is 1. The molecular formula is C26H32ClN3O. The van der Waals surface area contributed by atoms with E-state index in [2.05, 4.69) is 18.0 Å². The van der Waals surface area contributed by atoms with Crippen LogP contribution in [-0.2, 0) is 0 Å². The Balaban J connectivity index is 1.52. The maximum Gasteiger partial charge on any atom is 0.194 e. The minimum absolute atomic E-state index is 0.0508. The minimum atomic E-state index is -0.0508. The lowest BCUT2D eigenvalue weighted by molar-refractivity contribution is 0.103. The summed E-state index contributed by atoms with van der Waals surface area (Å²) in [6.45, 7) is 5.73. The second kappa shape index (κ2) is 9.88. The molecule has 4 rings (SSSR count). The van der Waals surface area contributed by atoms with Crippen LogP contribution in [0.3, 0.4) is 0 Å². The van der Waals surface area contributed by atoms with E-state index in [1.807, 2.05) is 30.3 Å². The number of ketones is 1. The smallest absolute Gasteiger partial charge is 0.194 e. The van der Waals surface area contributed by atoms with Crippen molar-refractivity contribution in [3.05, 3.63) is 70.4 Å². The SMILES string of the molecule is CCCCCCN1CCC(c2cn(N)c3ccc(C(=O)c4ccccc4Cl)cc23)CC1. The van der Waals surface area contributed by atoms with E-state index in [1.54, 1.807) is 16.8 Å². The van der Waals surface area contributed by atoms with Crippen LogP contribution < -0.4 is 5.84 Å². The summed E-state index contributed by atoms with van der Waals surface area (Å²) in [4.78, 5) is 15.7. The highest BCUT2D eigenvalue weighted by Crippen LogP contribution is 2.35. The molecule has 4 nitrogen and oxygen atoms in total. The summed E-state index contributed by atoms with van der Waals surface area (Å²) >= 11 is 6.26. The van der Waals surface area contributed by atoms with E-state index >= 15 is 0 Å². The number of piperidine rings is 1. The Hall–Kier alpha value is -2.30. The van der Waals surface area contributed by atoms with Crippen LogP contribution in [0.4, 0.5) is 0 Å². The van der Waals surface area contributed by atoms with E-state index in [9.17, 15) is 4.79 Å². The molecule has 0 bridgehead atoms. The number of likely N-dealkylation sites (tertiary alicyclic amines) is 1.